The quantitative estimate of drug-likeness (QED) is 0.709. The molecule has 0 bridgehead atoms. The lowest BCUT2D eigenvalue weighted by molar-refractivity contribution is 0.592. The molecule has 27 heavy (non-hydrogen) atoms. The fourth-order valence-corrected chi connectivity index (χ4v) is 4.38. The Bertz CT molecular complexity index is 1080. The molecule has 7 heteroatoms. The second-order valence-corrected chi connectivity index (χ2v) is 8.05. The average Bonchev–Trinajstić information content (AvgIpc) is 2.66. The molecule has 0 unspecified atom stereocenters. The Morgan fingerprint density at radius 3 is 2.33 bits per heavy atom. The molecule has 1 heterocycles. The normalized spacial score (nSPS) is 11.3. The van der Waals surface area contributed by atoms with E-state index in [1.165, 1.54) is 4.31 Å². The molecule has 0 radical (unpaired) electrons. The SMILES string of the molecule is CCN(c1ccccc1)S(=O)(=O)c1ccc(Cc2cc(C)n[nH]c2=O)cc1. The first-order chi connectivity index (χ1) is 12.9. The van der Waals surface area contributed by atoms with Gasteiger partial charge >= 0.3 is 0 Å². The lowest BCUT2D eigenvalue weighted by Gasteiger charge is -2.23. The van der Waals surface area contributed by atoms with E-state index in [2.05, 4.69) is 10.2 Å². The first kappa shape index (κ1) is 18.8. The van der Waals surface area contributed by atoms with Crippen LogP contribution < -0.4 is 9.86 Å². The van der Waals surface area contributed by atoms with Gasteiger partial charge in [-0.15, -0.1) is 0 Å². The zero-order chi connectivity index (χ0) is 19.4. The van der Waals surface area contributed by atoms with Crippen molar-refractivity contribution in [2.45, 2.75) is 25.2 Å². The third-order valence-electron chi connectivity index (χ3n) is 4.25. The number of hydrogen-bond acceptors (Lipinski definition) is 4. The van der Waals surface area contributed by atoms with E-state index >= 15 is 0 Å². The highest BCUT2D eigenvalue weighted by Crippen LogP contribution is 2.23. The van der Waals surface area contributed by atoms with Crippen molar-refractivity contribution < 1.29 is 8.42 Å². The molecule has 3 rings (SSSR count). The Balaban J connectivity index is 1.88. The number of H-pyrrole nitrogens is 1. The Morgan fingerprint density at radius 1 is 1.04 bits per heavy atom. The van der Waals surface area contributed by atoms with Gasteiger partial charge < -0.3 is 0 Å². The van der Waals surface area contributed by atoms with Crippen molar-refractivity contribution in [3.8, 4) is 0 Å². The number of benzene rings is 2. The van der Waals surface area contributed by atoms with Crippen LogP contribution in [0.15, 0.2) is 70.4 Å². The summed E-state index contributed by atoms with van der Waals surface area (Å²) in [5, 5.41) is 6.32. The lowest BCUT2D eigenvalue weighted by Crippen LogP contribution is -2.30. The van der Waals surface area contributed by atoms with Crippen LogP contribution in [-0.4, -0.2) is 25.2 Å². The third kappa shape index (κ3) is 4.09. The second-order valence-electron chi connectivity index (χ2n) is 6.19. The molecule has 0 saturated carbocycles. The molecule has 2 aromatic carbocycles. The zero-order valence-corrected chi connectivity index (χ0v) is 16.0. The molecule has 0 spiro atoms. The number of nitrogens with zero attached hydrogens (tertiary/aromatic N) is 2. The maximum absolute atomic E-state index is 13.0. The van der Waals surface area contributed by atoms with E-state index in [9.17, 15) is 13.2 Å². The van der Waals surface area contributed by atoms with Gasteiger partial charge in [0.05, 0.1) is 16.3 Å². The number of aromatic nitrogens is 2. The fraction of sp³-hybridized carbons (Fsp3) is 0.200. The van der Waals surface area contributed by atoms with Crippen LogP contribution in [0.5, 0.6) is 0 Å². The first-order valence-corrected chi connectivity index (χ1v) is 10.1. The highest BCUT2D eigenvalue weighted by molar-refractivity contribution is 7.92. The minimum atomic E-state index is -3.65. The van der Waals surface area contributed by atoms with Gasteiger partial charge in [-0.3, -0.25) is 9.10 Å². The number of anilines is 1. The summed E-state index contributed by atoms with van der Waals surface area (Å²) in [6.07, 6.45) is 0.412. The van der Waals surface area contributed by atoms with Crippen LogP contribution in [-0.2, 0) is 16.4 Å². The minimum Gasteiger partial charge on any atom is -0.268 e. The molecule has 6 nitrogen and oxygen atoms in total. The van der Waals surface area contributed by atoms with Gasteiger partial charge in [-0.1, -0.05) is 30.3 Å². The largest absolute Gasteiger partial charge is 0.268 e. The molecule has 0 atom stereocenters. The summed E-state index contributed by atoms with van der Waals surface area (Å²) in [6, 6.07) is 17.4. The van der Waals surface area contributed by atoms with Crippen molar-refractivity contribution in [2.75, 3.05) is 10.8 Å². The summed E-state index contributed by atoms with van der Waals surface area (Å²) >= 11 is 0. The zero-order valence-electron chi connectivity index (χ0n) is 15.2. The maximum atomic E-state index is 13.0. The third-order valence-corrected chi connectivity index (χ3v) is 6.16. The van der Waals surface area contributed by atoms with Gasteiger partial charge in [0.1, 0.15) is 0 Å². The van der Waals surface area contributed by atoms with Crippen LogP contribution in [0.25, 0.3) is 0 Å². The molecule has 0 fully saturated rings. The highest BCUT2D eigenvalue weighted by Gasteiger charge is 2.23. The molecule has 0 amide bonds. The second kappa shape index (κ2) is 7.75. The van der Waals surface area contributed by atoms with Crippen LogP contribution in [0.4, 0.5) is 5.69 Å². The van der Waals surface area contributed by atoms with E-state index in [4.69, 9.17) is 0 Å². The van der Waals surface area contributed by atoms with Gasteiger partial charge in [0.15, 0.2) is 0 Å². The Kier molecular flexibility index (Phi) is 5.41. The van der Waals surface area contributed by atoms with Gasteiger partial charge in [0.2, 0.25) is 0 Å². The molecule has 0 aliphatic rings. The van der Waals surface area contributed by atoms with Crippen LogP contribution in [0.3, 0.4) is 0 Å². The maximum Gasteiger partial charge on any atom is 0.267 e. The number of nitrogens with one attached hydrogen (secondary N) is 1. The molecule has 1 N–H and O–H groups in total. The van der Waals surface area contributed by atoms with Crippen LogP contribution >= 0.6 is 0 Å². The molecular weight excluding hydrogens is 362 g/mol. The summed E-state index contributed by atoms with van der Waals surface area (Å²) < 4.78 is 27.4. The van der Waals surface area contributed by atoms with E-state index in [1.54, 1.807) is 56.3 Å². The monoisotopic (exact) mass is 383 g/mol. The van der Waals surface area contributed by atoms with Crippen molar-refractivity contribution in [3.05, 3.63) is 87.8 Å². The summed E-state index contributed by atoms with van der Waals surface area (Å²) in [6.45, 7) is 3.94. The summed E-state index contributed by atoms with van der Waals surface area (Å²) in [4.78, 5) is 12.1. The van der Waals surface area contributed by atoms with Crippen LogP contribution in [0.1, 0.15) is 23.7 Å². The predicted molar refractivity (Wildman–Crippen MR) is 105 cm³/mol. The van der Waals surface area contributed by atoms with E-state index in [0.717, 1.165) is 11.3 Å². The molecular formula is C20H21N3O3S. The Labute approximate surface area is 158 Å². The van der Waals surface area contributed by atoms with Crippen molar-refractivity contribution in [1.82, 2.24) is 10.2 Å². The van der Waals surface area contributed by atoms with E-state index in [-0.39, 0.29) is 10.5 Å². The number of sulfonamides is 1. The average molecular weight is 383 g/mol. The molecule has 1 aromatic heterocycles. The summed E-state index contributed by atoms with van der Waals surface area (Å²) in [7, 11) is -3.65. The number of para-hydroxylation sites is 1. The first-order valence-electron chi connectivity index (χ1n) is 8.63. The highest BCUT2D eigenvalue weighted by atomic mass is 32.2. The smallest absolute Gasteiger partial charge is 0.267 e. The fourth-order valence-electron chi connectivity index (χ4n) is 2.90. The molecule has 3 aromatic rings. The molecule has 0 saturated heterocycles. The van der Waals surface area contributed by atoms with Crippen LogP contribution in [0, 0.1) is 6.92 Å². The lowest BCUT2D eigenvalue weighted by atomic mass is 10.1. The Hall–Kier alpha value is -2.93. The number of rotatable bonds is 6. The van der Waals surface area contributed by atoms with Crippen molar-refractivity contribution in [3.63, 3.8) is 0 Å². The molecule has 0 aliphatic heterocycles. The number of aromatic amines is 1. The van der Waals surface area contributed by atoms with Gasteiger partial charge in [-0.25, -0.2) is 13.5 Å². The Morgan fingerprint density at radius 2 is 1.70 bits per heavy atom. The topological polar surface area (TPSA) is 83.1 Å². The minimum absolute atomic E-state index is 0.219. The van der Waals surface area contributed by atoms with E-state index in [0.29, 0.717) is 24.2 Å². The molecule has 0 aliphatic carbocycles. The van der Waals surface area contributed by atoms with Crippen molar-refractivity contribution >= 4 is 15.7 Å². The van der Waals surface area contributed by atoms with Gasteiger partial charge in [0, 0.05) is 18.5 Å². The molecule has 140 valence electrons. The van der Waals surface area contributed by atoms with Crippen molar-refractivity contribution in [1.29, 1.82) is 0 Å². The van der Waals surface area contributed by atoms with Gasteiger partial charge in [-0.05, 0) is 49.7 Å². The predicted octanol–water partition coefficient (Wildman–Crippen LogP) is 2.88. The van der Waals surface area contributed by atoms with E-state index in [1.807, 2.05) is 18.2 Å². The standard InChI is InChI=1S/C20H21N3O3S/c1-3-23(18-7-5-4-6-8-18)27(25,26)19-11-9-16(10-12-19)14-17-13-15(2)21-22-20(17)24/h4-13H,3,14H2,1-2H3,(H,22,24). The van der Waals surface area contributed by atoms with Gasteiger partial charge in [-0.2, -0.15) is 5.10 Å². The number of aryl methyl sites for hydroxylation is 1. The summed E-state index contributed by atoms with van der Waals surface area (Å²) in [5.74, 6) is 0. The number of hydrogen-bond donors (Lipinski definition) is 1. The van der Waals surface area contributed by atoms with E-state index < -0.39 is 10.0 Å². The van der Waals surface area contributed by atoms with Crippen molar-refractivity contribution in [2.24, 2.45) is 0 Å². The van der Waals surface area contributed by atoms with Gasteiger partial charge in [0.25, 0.3) is 15.6 Å². The summed E-state index contributed by atoms with van der Waals surface area (Å²) in [5.41, 5.74) is 2.57. The van der Waals surface area contributed by atoms with Crippen LogP contribution in [0.2, 0.25) is 0 Å².